The molecule has 0 radical (unpaired) electrons. The molecule has 2 unspecified atom stereocenters. The Hall–Kier alpha value is -1.26. The van der Waals surface area contributed by atoms with E-state index in [0.717, 1.165) is 12.2 Å². The van der Waals surface area contributed by atoms with Crippen LogP contribution in [0.3, 0.4) is 0 Å². The zero-order valence-electron chi connectivity index (χ0n) is 11.9. The summed E-state index contributed by atoms with van der Waals surface area (Å²) >= 11 is 6.01. The number of aliphatic hydroxyl groups excluding tert-OH is 1. The van der Waals surface area contributed by atoms with Crippen LogP contribution >= 0.6 is 11.6 Å². The van der Waals surface area contributed by atoms with Crippen LogP contribution < -0.4 is 5.32 Å². The number of nitrogens with zero attached hydrogens (tertiary/aromatic N) is 1. The van der Waals surface area contributed by atoms with E-state index in [9.17, 15) is 9.90 Å². The number of benzene rings is 1. The number of rotatable bonds is 3. The second kappa shape index (κ2) is 6.46. The van der Waals surface area contributed by atoms with Crippen molar-refractivity contribution in [3.8, 4) is 0 Å². The summed E-state index contributed by atoms with van der Waals surface area (Å²) in [6, 6.07) is 5.32. The number of aliphatic hydroxyl groups is 1. The van der Waals surface area contributed by atoms with Crippen molar-refractivity contribution in [3.63, 3.8) is 0 Å². The lowest BCUT2D eigenvalue weighted by Gasteiger charge is -2.34. The molecule has 1 aliphatic rings. The van der Waals surface area contributed by atoms with Crippen molar-refractivity contribution >= 4 is 23.2 Å². The first-order chi connectivity index (χ1) is 9.52. The fourth-order valence-corrected chi connectivity index (χ4v) is 2.70. The summed E-state index contributed by atoms with van der Waals surface area (Å²) in [4.78, 5) is 14.4. The van der Waals surface area contributed by atoms with Gasteiger partial charge >= 0.3 is 0 Å². The lowest BCUT2D eigenvalue weighted by molar-refractivity contribution is 0.0298. The Bertz CT molecular complexity index is 493. The minimum Gasteiger partial charge on any atom is -0.393 e. The first-order valence-corrected chi connectivity index (χ1v) is 7.41. The van der Waals surface area contributed by atoms with E-state index in [1.54, 1.807) is 17.0 Å². The number of likely N-dealkylation sites (tertiary alicyclic amines) is 1. The summed E-state index contributed by atoms with van der Waals surface area (Å²) < 4.78 is 0. The molecule has 1 aromatic carbocycles. The second-order valence-corrected chi connectivity index (χ2v) is 5.74. The quantitative estimate of drug-likeness (QED) is 0.901. The number of hydrogen-bond acceptors (Lipinski definition) is 3. The number of amides is 1. The van der Waals surface area contributed by atoms with Gasteiger partial charge in [-0.05, 0) is 37.5 Å². The van der Waals surface area contributed by atoms with Gasteiger partial charge in [-0.3, -0.25) is 4.79 Å². The largest absolute Gasteiger partial charge is 0.393 e. The van der Waals surface area contributed by atoms with E-state index in [1.807, 2.05) is 19.9 Å². The maximum atomic E-state index is 12.6. The Morgan fingerprint density at radius 1 is 1.55 bits per heavy atom. The van der Waals surface area contributed by atoms with Crippen molar-refractivity contribution in [2.45, 2.75) is 26.4 Å². The molecule has 1 aromatic rings. The molecule has 1 amide bonds. The van der Waals surface area contributed by atoms with Crippen molar-refractivity contribution < 1.29 is 9.90 Å². The molecule has 4 nitrogen and oxygen atoms in total. The third-order valence-electron chi connectivity index (χ3n) is 3.73. The standard InChI is InChI=1S/C15H21ClN2O2/c1-3-17-13-5-4-11(16)8-12(13)15(20)18-7-6-14(19)10(2)9-18/h4-5,8,10,14,17,19H,3,6-7,9H2,1-2H3. The fourth-order valence-electron chi connectivity index (χ4n) is 2.53. The normalized spacial score (nSPS) is 22.7. The van der Waals surface area contributed by atoms with Gasteiger partial charge in [0.2, 0.25) is 0 Å². The van der Waals surface area contributed by atoms with E-state index in [-0.39, 0.29) is 17.9 Å². The first-order valence-electron chi connectivity index (χ1n) is 7.03. The highest BCUT2D eigenvalue weighted by atomic mass is 35.5. The molecule has 1 fully saturated rings. The van der Waals surface area contributed by atoms with Gasteiger partial charge in [0, 0.05) is 30.3 Å². The number of halogens is 1. The number of nitrogens with one attached hydrogen (secondary N) is 1. The summed E-state index contributed by atoms with van der Waals surface area (Å²) in [7, 11) is 0. The summed E-state index contributed by atoms with van der Waals surface area (Å²) in [6.45, 7) is 5.87. The SMILES string of the molecule is CCNc1ccc(Cl)cc1C(=O)N1CCC(O)C(C)C1. The zero-order chi connectivity index (χ0) is 14.7. The predicted molar refractivity (Wildman–Crippen MR) is 81.3 cm³/mol. The highest BCUT2D eigenvalue weighted by Gasteiger charge is 2.28. The Kier molecular flexibility index (Phi) is 4.89. The van der Waals surface area contributed by atoms with Gasteiger partial charge in [-0.1, -0.05) is 18.5 Å². The van der Waals surface area contributed by atoms with Crippen LogP contribution in [0.25, 0.3) is 0 Å². The van der Waals surface area contributed by atoms with Gasteiger partial charge in [0.25, 0.3) is 5.91 Å². The van der Waals surface area contributed by atoms with Crippen LogP contribution in [-0.2, 0) is 0 Å². The van der Waals surface area contributed by atoms with Crippen LogP contribution in [0.15, 0.2) is 18.2 Å². The first kappa shape index (κ1) is 15.1. The number of hydrogen-bond donors (Lipinski definition) is 2. The van der Waals surface area contributed by atoms with E-state index in [2.05, 4.69) is 5.32 Å². The van der Waals surface area contributed by atoms with Crippen LogP contribution in [0, 0.1) is 5.92 Å². The van der Waals surface area contributed by atoms with E-state index >= 15 is 0 Å². The van der Waals surface area contributed by atoms with Gasteiger partial charge in [0.15, 0.2) is 0 Å². The van der Waals surface area contributed by atoms with Crippen molar-refractivity contribution in [1.29, 1.82) is 0 Å². The van der Waals surface area contributed by atoms with Crippen LogP contribution in [0.4, 0.5) is 5.69 Å². The van der Waals surface area contributed by atoms with Gasteiger partial charge in [-0.2, -0.15) is 0 Å². The molecular formula is C15H21ClN2O2. The molecule has 0 aromatic heterocycles. The molecule has 2 rings (SSSR count). The number of carbonyl (C=O) groups excluding carboxylic acids is 1. The minimum absolute atomic E-state index is 0.0257. The molecule has 0 bridgehead atoms. The predicted octanol–water partition coefficient (Wildman–Crippen LogP) is 2.61. The number of anilines is 1. The smallest absolute Gasteiger partial charge is 0.256 e. The summed E-state index contributed by atoms with van der Waals surface area (Å²) in [5.41, 5.74) is 1.41. The van der Waals surface area contributed by atoms with Crippen molar-refractivity contribution in [1.82, 2.24) is 4.90 Å². The molecule has 0 aliphatic carbocycles. The Balaban J connectivity index is 2.22. The molecular weight excluding hydrogens is 276 g/mol. The molecule has 20 heavy (non-hydrogen) atoms. The van der Waals surface area contributed by atoms with Crippen LogP contribution in [-0.4, -0.2) is 41.7 Å². The number of piperidine rings is 1. The van der Waals surface area contributed by atoms with E-state index in [4.69, 9.17) is 11.6 Å². The molecule has 2 N–H and O–H groups in total. The van der Waals surface area contributed by atoms with E-state index < -0.39 is 0 Å². The molecule has 0 spiro atoms. The van der Waals surface area contributed by atoms with E-state index in [1.165, 1.54) is 0 Å². The fraction of sp³-hybridized carbons (Fsp3) is 0.533. The lowest BCUT2D eigenvalue weighted by Crippen LogP contribution is -2.45. The molecule has 1 heterocycles. The average Bonchev–Trinajstić information content (AvgIpc) is 2.43. The van der Waals surface area contributed by atoms with Gasteiger partial charge in [0.1, 0.15) is 0 Å². The van der Waals surface area contributed by atoms with Crippen molar-refractivity contribution in [2.24, 2.45) is 5.92 Å². The van der Waals surface area contributed by atoms with Gasteiger partial charge in [-0.15, -0.1) is 0 Å². The van der Waals surface area contributed by atoms with Gasteiger partial charge in [-0.25, -0.2) is 0 Å². The third kappa shape index (κ3) is 3.25. The second-order valence-electron chi connectivity index (χ2n) is 5.30. The Labute approximate surface area is 124 Å². The molecule has 1 aliphatic heterocycles. The highest BCUT2D eigenvalue weighted by molar-refractivity contribution is 6.31. The molecule has 5 heteroatoms. The highest BCUT2D eigenvalue weighted by Crippen LogP contribution is 2.25. The lowest BCUT2D eigenvalue weighted by atomic mass is 9.96. The van der Waals surface area contributed by atoms with E-state index in [0.29, 0.717) is 30.1 Å². The summed E-state index contributed by atoms with van der Waals surface area (Å²) in [5.74, 6) is 0.0802. The molecule has 0 saturated carbocycles. The zero-order valence-corrected chi connectivity index (χ0v) is 12.7. The topological polar surface area (TPSA) is 52.6 Å². The van der Waals surface area contributed by atoms with Gasteiger partial charge < -0.3 is 15.3 Å². The minimum atomic E-state index is -0.313. The molecule has 110 valence electrons. The molecule has 2 atom stereocenters. The number of carbonyl (C=O) groups is 1. The summed E-state index contributed by atoms with van der Waals surface area (Å²) in [5, 5.41) is 13.5. The Morgan fingerprint density at radius 3 is 2.95 bits per heavy atom. The monoisotopic (exact) mass is 296 g/mol. The van der Waals surface area contributed by atoms with Crippen LogP contribution in [0.2, 0.25) is 5.02 Å². The molecule has 1 saturated heterocycles. The Morgan fingerprint density at radius 2 is 2.30 bits per heavy atom. The summed E-state index contributed by atoms with van der Waals surface area (Å²) in [6.07, 6.45) is 0.316. The van der Waals surface area contributed by atoms with Crippen LogP contribution in [0.5, 0.6) is 0 Å². The van der Waals surface area contributed by atoms with Crippen molar-refractivity contribution in [2.75, 3.05) is 25.0 Å². The average molecular weight is 297 g/mol. The maximum Gasteiger partial charge on any atom is 0.256 e. The van der Waals surface area contributed by atoms with Crippen LogP contribution in [0.1, 0.15) is 30.6 Å². The third-order valence-corrected chi connectivity index (χ3v) is 3.96. The van der Waals surface area contributed by atoms with Crippen molar-refractivity contribution in [3.05, 3.63) is 28.8 Å². The van der Waals surface area contributed by atoms with Gasteiger partial charge in [0.05, 0.1) is 11.7 Å². The maximum absolute atomic E-state index is 12.6.